The molecule has 8 nitrogen and oxygen atoms in total. The number of carbonyl (C=O) groups is 1. The smallest absolute Gasteiger partial charge is 0.230 e. The van der Waals surface area contributed by atoms with Gasteiger partial charge >= 0.3 is 0 Å². The van der Waals surface area contributed by atoms with Gasteiger partial charge in [-0.3, -0.25) is 9.89 Å². The Morgan fingerprint density at radius 2 is 2.24 bits per heavy atom. The number of hydrogen-bond acceptors (Lipinski definition) is 7. The van der Waals surface area contributed by atoms with E-state index in [4.69, 9.17) is 0 Å². The zero-order valence-corrected chi connectivity index (χ0v) is 15.1. The van der Waals surface area contributed by atoms with Crippen molar-refractivity contribution in [2.24, 2.45) is 0 Å². The number of aromatic nitrogens is 4. The molecule has 0 unspecified atom stereocenters. The van der Waals surface area contributed by atoms with Gasteiger partial charge in [-0.15, -0.1) is 0 Å². The molecule has 9 heteroatoms. The second kappa shape index (κ2) is 8.82. The van der Waals surface area contributed by atoms with E-state index in [0.717, 1.165) is 44.0 Å². The summed E-state index contributed by atoms with van der Waals surface area (Å²) in [5.74, 6) is 1.24. The first-order valence-corrected chi connectivity index (χ1v) is 9.33. The van der Waals surface area contributed by atoms with E-state index in [1.807, 2.05) is 18.3 Å². The molecule has 0 atom stereocenters. The number of carbonyl (C=O) groups excluding carboxylic acids is 1. The molecule has 0 aliphatic carbocycles. The standard InChI is InChI=1S/C16H23N7OS/c1-22-6-3-7-23(9-8-22)15-13(4-2-5-17-15)10-18-14(24)11-25-16-19-12-20-21-16/h2,4-5,12H,3,6-11H2,1H3,(H,18,24)(H,19,20,21). The second-order valence-corrected chi connectivity index (χ2v) is 6.95. The number of nitrogens with one attached hydrogen (secondary N) is 2. The number of nitrogens with zero attached hydrogens (tertiary/aromatic N) is 5. The van der Waals surface area contributed by atoms with Crippen LogP contribution in [0.15, 0.2) is 29.8 Å². The van der Waals surface area contributed by atoms with E-state index in [0.29, 0.717) is 17.5 Å². The van der Waals surface area contributed by atoms with Crippen molar-refractivity contribution in [3.63, 3.8) is 0 Å². The van der Waals surface area contributed by atoms with Gasteiger partial charge in [0.15, 0.2) is 5.16 Å². The van der Waals surface area contributed by atoms with Crippen LogP contribution >= 0.6 is 11.8 Å². The van der Waals surface area contributed by atoms with Crippen LogP contribution in [-0.4, -0.2) is 70.0 Å². The van der Waals surface area contributed by atoms with Crippen molar-refractivity contribution in [2.75, 3.05) is 43.9 Å². The maximum atomic E-state index is 12.1. The van der Waals surface area contributed by atoms with E-state index in [1.165, 1.54) is 18.1 Å². The molecule has 1 saturated heterocycles. The summed E-state index contributed by atoms with van der Waals surface area (Å²) in [4.78, 5) is 25.3. The van der Waals surface area contributed by atoms with Crippen molar-refractivity contribution >= 4 is 23.5 Å². The van der Waals surface area contributed by atoms with Crippen LogP contribution < -0.4 is 10.2 Å². The SMILES string of the molecule is CN1CCCN(c2ncccc2CNC(=O)CSc2ncn[nH]2)CC1. The minimum absolute atomic E-state index is 0.0354. The van der Waals surface area contributed by atoms with E-state index >= 15 is 0 Å². The van der Waals surface area contributed by atoms with Gasteiger partial charge in [0, 0.05) is 37.9 Å². The third-order valence-electron chi connectivity index (χ3n) is 4.10. The molecule has 25 heavy (non-hydrogen) atoms. The maximum absolute atomic E-state index is 12.1. The Labute approximate surface area is 151 Å². The van der Waals surface area contributed by atoms with Gasteiger partial charge in [-0.25, -0.2) is 9.97 Å². The summed E-state index contributed by atoms with van der Waals surface area (Å²) in [6, 6.07) is 3.94. The number of anilines is 1. The van der Waals surface area contributed by atoms with Gasteiger partial charge in [0.25, 0.3) is 0 Å². The van der Waals surface area contributed by atoms with Crippen LogP contribution in [0.4, 0.5) is 5.82 Å². The molecule has 2 aromatic heterocycles. The third-order valence-corrected chi connectivity index (χ3v) is 4.97. The Morgan fingerprint density at radius 1 is 1.32 bits per heavy atom. The summed E-state index contributed by atoms with van der Waals surface area (Å²) in [5.41, 5.74) is 1.05. The molecule has 0 aromatic carbocycles. The first-order valence-electron chi connectivity index (χ1n) is 8.34. The zero-order valence-electron chi connectivity index (χ0n) is 14.3. The Kier molecular flexibility index (Phi) is 6.24. The summed E-state index contributed by atoms with van der Waals surface area (Å²) in [6.45, 7) is 4.55. The number of likely N-dealkylation sites (N-methyl/N-ethyl adjacent to an activating group) is 1. The molecule has 1 aliphatic heterocycles. The van der Waals surface area contributed by atoms with Crippen LogP contribution in [0.1, 0.15) is 12.0 Å². The number of thioether (sulfide) groups is 1. The fourth-order valence-electron chi connectivity index (χ4n) is 2.75. The number of aromatic amines is 1. The van der Waals surface area contributed by atoms with Gasteiger partial charge in [0.05, 0.1) is 5.75 Å². The highest BCUT2D eigenvalue weighted by Crippen LogP contribution is 2.19. The molecule has 0 bridgehead atoms. The number of H-pyrrole nitrogens is 1. The number of amides is 1. The van der Waals surface area contributed by atoms with E-state index in [9.17, 15) is 4.79 Å². The number of pyridine rings is 1. The summed E-state index contributed by atoms with van der Waals surface area (Å²) >= 11 is 1.33. The van der Waals surface area contributed by atoms with Crippen molar-refractivity contribution < 1.29 is 4.79 Å². The average Bonchev–Trinajstić information content (AvgIpc) is 3.06. The van der Waals surface area contributed by atoms with Crippen LogP contribution in [-0.2, 0) is 11.3 Å². The van der Waals surface area contributed by atoms with Crippen molar-refractivity contribution in [2.45, 2.75) is 18.1 Å². The highest BCUT2D eigenvalue weighted by atomic mass is 32.2. The quantitative estimate of drug-likeness (QED) is 0.734. The Balaban J connectivity index is 1.56. The monoisotopic (exact) mass is 361 g/mol. The molecular weight excluding hydrogens is 338 g/mol. The van der Waals surface area contributed by atoms with Crippen LogP contribution in [0.5, 0.6) is 0 Å². The molecule has 1 aliphatic rings. The molecular formula is C16H23N7OS. The maximum Gasteiger partial charge on any atom is 0.230 e. The molecule has 2 aromatic rings. The largest absolute Gasteiger partial charge is 0.355 e. The fourth-order valence-corrected chi connectivity index (χ4v) is 3.36. The van der Waals surface area contributed by atoms with Gasteiger partial charge in [-0.1, -0.05) is 17.8 Å². The van der Waals surface area contributed by atoms with E-state index in [-0.39, 0.29) is 5.91 Å². The topological polar surface area (TPSA) is 90.0 Å². The molecule has 1 amide bonds. The molecule has 0 radical (unpaired) electrons. The van der Waals surface area contributed by atoms with Crippen molar-refractivity contribution in [1.29, 1.82) is 0 Å². The lowest BCUT2D eigenvalue weighted by Gasteiger charge is -2.24. The predicted molar refractivity (Wildman–Crippen MR) is 97.5 cm³/mol. The van der Waals surface area contributed by atoms with Crippen LogP contribution in [0.25, 0.3) is 0 Å². The fraction of sp³-hybridized carbons (Fsp3) is 0.500. The molecule has 3 rings (SSSR count). The summed E-state index contributed by atoms with van der Waals surface area (Å²) < 4.78 is 0. The third kappa shape index (κ3) is 5.17. The molecule has 134 valence electrons. The van der Waals surface area contributed by atoms with Crippen molar-refractivity contribution in [3.05, 3.63) is 30.2 Å². The van der Waals surface area contributed by atoms with Crippen LogP contribution in [0.3, 0.4) is 0 Å². The van der Waals surface area contributed by atoms with Gasteiger partial charge in [-0.05, 0) is 26.1 Å². The van der Waals surface area contributed by atoms with Gasteiger partial charge in [0.1, 0.15) is 12.1 Å². The summed E-state index contributed by atoms with van der Waals surface area (Å²) in [6.07, 6.45) is 4.36. The minimum atomic E-state index is -0.0354. The first-order chi connectivity index (χ1) is 12.2. The van der Waals surface area contributed by atoms with Gasteiger partial charge in [0.2, 0.25) is 5.91 Å². The molecule has 0 spiro atoms. The molecule has 0 saturated carbocycles. The molecule has 3 heterocycles. The Hall–Kier alpha value is -2.13. The summed E-state index contributed by atoms with van der Waals surface area (Å²) in [7, 11) is 2.15. The highest BCUT2D eigenvalue weighted by molar-refractivity contribution is 7.99. The molecule has 2 N–H and O–H groups in total. The lowest BCUT2D eigenvalue weighted by atomic mass is 10.2. The van der Waals surface area contributed by atoms with Crippen molar-refractivity contribution in [1.82, 2.24) is 30.4 Å². The minimum Gasteiger partial charge on any atom is -0.355 e. The van der Waals surface area contributed by atoms with Gasteiger partial charge < -0.3 is 15.1 Å². The van der Waals surface area contributed by atoms with Gasteiger partial charge in [-0.2, -0.15) is 5.10 Å². The van der Waals surface area contributed by atoms with E-state index in [1.54, 1.807) is 0 Å². The first kappa shape index (κ1) is 17.7. The predicted octanol–water partition coefficient (Wildman–Crippen LogP) is 0.750. The molecule has 1 fully saturated rings. The Bertz CT molecular complexity index is 679. The number of rotatable bonds is 6. The zero-order chi connectivity index (χ0) is 17.5. The number of hydrogen-bond donors (Lipinski definition) is 2. The van der Waals surface area contributed by atoms with Crippen LogP contribution in [0, 0.1) is 0 Å². The van der Waals surface area contributed by atoms with Crippen LogP contribution in [0.2, 0.25) is 0 Å². The average molecular weight is 361 g/mol. The van der Waals surface area contributed by atoms with E-state index < -0.39 is 0 Å². The highest BCUT2D eigenvalue weighted by Gasteiger charge is 2.16. The normalized spacial score (nSPS) is 15.8. The summed E-state index contributed by atoms with van der Waals surface area (Å²) in [5, 5.41) is 10.1. The lowest BCUT2D eigenvalue weighted by Crippen LogP contribution is -2.31. The lowest BCUT2D eigenvalue weighted by molar-refractivity contribution is -0.118. The second-order valence-electron chi connectivity index (χ2n) is 5.99. The van der Waals surface area contributed by atoms with Crippen molar-refractivity contribution in [3.8, 4) is 0 Å². The Morgan fingerprint density at radius 3 is 3.08 bits per heavy atom. The van der Waals surface area contributed by atoms with E-state index in [2.05, 4.69) is 42.3 Å².